The number of nitrogens with one attached hydrogen (secondary N) is 1. The van der Waals surface area contributed by atoms with Crippen molar-refractivity contribution in [1.82, 2.24) is 5.32 Å². The van der Waals surface area contributed by atoms with Crippen molar-refractivity contribution >= 4 is 11.6 Å². The molecule has 4 nitrogen and oxygen atoms in total. The van der Waals surface area contributed by atoms with E-state index in [1.807, 2.05) is 20.8 Å². The van der Waals surface area contributed by atoms with Gasteiger partial charge in [0.15, 0.2) is 0 Å². The third kappa shape index (κ3) is 4.44. The third-order valence-electron chi connectivity index (χ3n) is 4.17. The van der Waals surface area contributed by atoms with E-state index in [1.165, 1.54) is 12.1 Å². The second kappa shape index (κ2) is 6.99. The van der Waals surface area contributed by atoms with Gasteiger partial charge in [-0.1, -0.05) is 20.8 Å². The molecule has 1 N–H and O–H groups in total. The summed E-state index contributed by atoms with van der Waals surface area (Å²) in [7, 11) is 0. The lowest BCUT2D eigenvalue weighted by Gasteiger charge is -2.35. The highest BCUT2D eigenvalue weighted by Crippen LogP contribution is 2.26. The number of benzene rings is 1. The first-order valence-corrected chi connectivity index (χ1v) is 8.04. The molecule has 1 heterocycles. The molecule has 1 aliphatic heterocycles. The Labute approximate surface area is 137 Å². The van der Waals surface area contributed by atoms with Crippen LogP contribution in [0.15, 0.2) is 18.2 Å². The van der Waals surface area contributed by atoms with Crippen LogP contribution in [0, 0.1) is 28.5 Å². The summed E-state index contributed by atoms with van der Waals surface area (Å²) in [4.78, 5) is 14.1. The summed E-state index contributed by atoms with van der Waals surface area (Å²) >= 11 is 0. The number of halogens is 1. The molecule has 0 saturated carbocycles. The molecular weight excluding hydrogens is 293 g/mol. The Balaban J connectivity index is 2.02. The van der Waals surface area contributed by atoms with E-state index in [2.05, 4.69) is 16.3 Å². The topological polar surface area (TPSA) is 56.1 Å². The first-order chi connectivity index (χ1) is 10.8. The van der Waals surface area contributed by atoms with Gasteiger partial charge in [-0.3, -0.25) is 4.79 Å². The van der Waals surface area contributed by atoms with Gasteiger partial charge in [0.2, 0.25) is 5.91 Å². The zero-order valence-corrected chi connectivity index (χ0v) is 14.0. The monoisotopic (exact) mass is 317 g/mol. The second-order valence-corrected chi connectivity index (χ2v) is 7.19. The Morgan fingerprint density at radius 3 is 2.87 bits per heavy atom. The predicted octanol–water partition coefficient (Wildman–Crippen LogP) is 3.08. The number of hydrogen-bond donors (Lipinski definition) is 1. The third-order valence-corrected chi connectivity index (χ3v) is 4.17. The van der Waals surface area contributed by atoms with Crippen LogP contribution in [0.2, 0.25) is 0 Å². The Bertz CT molecular complexity index is 616. The van der Waals surface area contributed by atoms with Crippen molar-refractivity contribution in [2.75, 3.05) is 24.5 Å². The number of hydrogen-bond acceptors (Lipinski definition) is 3. The Kier molecular flexibility index (Phi) is 5.25. The van der Waals surface area contributed by atoms with Crippen LogP contribution in [-0.4, -0.2) is 25.5 Å². The molecule has 1 atom stereocenters. The maximum atomic E-state index is 13.3. The summed E-state index contributed by atoms with van der Waals surface area (Å²) in [6.45, 7) is 7.94. The van der Waals surface area contributed by atoms with Gasteiger partial charge in [-0.05, 0) is 37.0 Å². The van der Waals surface area contributed by atoms with Gasteiger partial charge in [-0.25, -0.2) is 4.39 Å². The Hall–Kier alpha value is -2.09. The summed E-state index contributed by atoms with van der Waals surface area (Å²) in [6, 6.07) is 6.41. The number of carbonyl (C=O) groups excluding carboxylic acids is 1. The van der Waals surface area contributed by atoms with Crippen molar-refractivity contribution in [3.63, 3.8) is 0 Å². The largest absolute Gasteiger partial charge is 0.370 e. The molecule has 124 valence electrons. The fourth-order valence-corrected chi connectivity index (χ4v) is 2.83. The lowest BCUT2D eigenvalue weighted by atomic mass is 9.93. The van der Waals surface area contributed by atoms with Crippen LogP contribution in [0.25, 0.3) is 0 Å². The van der Waals surface area contributed by atoms with Crippen LogP contribution in [0.4, 0.5) is 10.1 Å². The minimum atomic E-state index is -0.392. The van der Waals surface area contributed by atoms with Crippen molar-refractivity contribution in [3.8, 4) is 6.07 Å². The van der Waals surface area contributed by atoms with Crippen molar-refractivity contribution < 1.29 is 9.18 Å². The second-order valence-electron chi connectivity index (χ2n) is 7.19. The van der Waals surface area contributed by atoms with Crippen LogP contribution in [0.3, 0.4) is 0 Å². The maximum Gasteiger partial charge on any atom is 0.225 e. The quantitative estimate of drug-likeness (QED) is 0.932. The van der Waals surface area contributed by atoms with Gasteiger partial charge >= 0.3 is 0 Å². The van der Waals surface area contributed by atoms with Crippen LogP contribution < -0.4 is 10.2 Å². The number of nitrogens with zero attached hydrogens (tertiary/aromatic N) is 2. The fourth-order valence-electron chi connectivity index (χ4n) is 2.83. The van der Waals surface area contributed by atoms with Crippen LogP contribution in [-0.2, 0) is 4.79 Å². The molecule has 1 amide bonds. The molecule has 0 aromatic heterocycles. The van der Waals surface area contributed by atoms with Gasteiger partial charge in [0.05, 0.1) is 11.3 Å². The fraction of sp³-hybridized carbons (Fsp3) is 0.556. The molecule has 0 aliphatic carbocycles. The molecule has 1 aromatic rings. The molecule has 1 fully saturated rings. The first kappa shape index (κ1) is 17.3. The number of anilines is 1. The van der Waals surface area contributed by atoms with Gasteiger partial charge in [-0.2, -0.15) is 5.26 Å². The molecule has 1 saturated heterocycles. The van der Waals surface area contributed by atoms with Crippen LogP contribution >= 0.6 is 0 Å². The molecule has 0 radical (unpaired) electrons. The summed E-state index contributed by atoms with van der Waals surface area (Å²) < 4.78 is 13.3. The minimum Gasteiger partial charge on any atom is -0.370 e. The summed E-state index contributed by atoms with van der Waals surface area (Å²) in [5.74, 6) is -0.00272. The van der Waals surface area contributed by atoms with Crippen molar-refractivity contribution in [1.29, 1.82) is 5.26 Å². The standard InChI is InChI=1S/C18H24FN3O/c1-18(2,3)17(23)21-11-13-5-4-8-22(12-13)16-7-6-15(19)9-14(16)10-20/h6-7,9,13H,4-5,8,11-12H2,1-3H3,(H,21,23). The van der Waals surface area contributed by atoms with E-state index in [1.54, 1.807) is 6.07 Å². The zero-order chi connectivity index (χ0) is 17.0. The summed E-state index contributed by atoms with van der Waals surface area (Å²) in [5, 5.41) is 12.2. The van der Waals surface area contributed by atoms with Gasteiger partial charge in [0.25, 0.3) is 0 Å². The number of rotatable bonds is 3. The molecule has 1 aromatic carbocycles. The highest BCUT2D eigenvalue weighted by molar-refractivity contribution is 5.81. The lowest BCUT2D eigenvalue weighted by molar-refractivity contribution is -0.128. The van der Waals surface area contributed by atoms with E-state index in [0.717, 1.165) is 31.6 Å². The van der Waals surface area contributed by atoms with E-state index in [9.17, 15) is 14.4 Å². The number of nitriles is 1. The maximum absolute atomic E-state index is 13.3. The molecule has 23 heavy (non-hydrogen) atoms. The average Bonchev–Trinajstić information content (AvgIpc) is 2.51. The number of amides is 1. The van der Waals surface area contributed by atoms with Gasteiger partial charge in [0.1, 0.15) is 11.9 Å². The Morgan fingerprint density at radius 2 is 2.22 bits per heavy atom. The van der Waals surface area contributed by atoms with E-state index in [4.69, 9.17) is 0 Å². The van der Waals surface area contributed by atoms with E-state index < -0.39 is 5.82 Å². The van der Waals surface area contributed by atoms with Crippen molar-refractivity contribution in [2.45, 2.75) is 33.6 Å². The van der Waals surface area contributed by atoms with E-state index >= 15 is 0 Å². The SMILES string of the molecule is CC(C)(C)C(=O)NCC1CCCN(c2ccc(F)cc2C#N)C1. The normalized spacial score (nSPS) is 18.4. The van der Waals surface area contributed by atoms with Crippen molar-refractivity contribution in [2.24, 2.45) is 11.3 Å². The molecule has 0 spiro atoms. The summed E-state index contributed by atoms with van der Waals surface area (Å²) in [5.41, 5.74) is 0.754. The van der Waals surface area contributed by atoms with Gasteiger partial charge < -0.3 is 10.2 Å². The van der Waals surface area contributed by atoms with Crippen molar-refractivity contribution in [3.05, 3.63) is 29.6 Å². The van der Waals surface area contributed by atoms with Crippen LogP contribution in [0.5, 0.6) is 0 Å². The van der Waals surface area contributed by atoms with E-state index in [-0.39, 0.29) is 11.3 Å². The van der Waals surface area contributed by atoms with Crippen LogP contribution in [0.1, 0.15) is 39.2 Å². The van der Waals surface area contributed by atoms with Gasteiger partial charge in [-0.15, -0.1) is 0 Å². The van der Waals surface area contributed by atoms with Gasteiger partial charge in [0, 0.05) is 25.0 Å². The molecule has 2 rings (SSSR count). The molecular formula is C18H24FN3O. The molecule has 1 unspecified atom stereocenters. The average molecular weight is 317 g/mol. The summed E-state index contributed by atoms with van der Waals surface area (Å²) in [6.07, 6.45) is 2.04. The molecule has 5 heteroatoms. The van der Waals surface area contributed by atoms with E-state index in [0.29, 0.717) is 18.0 Å². The molecule has 0 bridgehead atoms. The highest BCUT2D eigenvalue weighted by atomic mass is 19.1. The number of piperidine rings is 1. The number of carbonyl (C=O) groups is 1. The first-order valence-electron chi connectivity index (χ1n) is 8.04. The Morgan fingerprint density at radius 1 is 1.48 bits per heavy atom. The minimum absolute atomic E-state index is 0.0501. The highest BCUT2D eigenvalue weighted by Gasteiger charge is 2.25. The zero-order valence-electron chi connectivity index (χ0n) is 14.0. The predicted molar refractivity (Wildman–Crippen MR) is 88.5 cm³/mol. The lowest BCUT2D eigenvalue weighted by Crippen LogP contribution is -2.43. The molecule has 1 aliphatic rings. The smallest absolute Gasteiger partial charge is 0.225 e.